The van der Waals surface area contributed by atoms with E-state index in [0.29, 0.717) is 6.04 Å². The third kappa shape index (κ3) is 3.77. The molecule has 2 fully saturated rings. The largest absolute Gasteiger partial charge is 0.314 e. The molecule has 1 saturated heterocycles. The van der Waals surface area contributed by atoms with Crippen LogP contribution in [0.1, 0.15) is 30.9 Å². The van der Waals surface area contributed by atoms with Gasteiger partial charge in [-0.2, -0.15) is 0 Å². The number of piperazine rings is 1. The van der Waals surface area contributed by atoms with Crippen LogP contribution in [0.5, 0.6) is 0 Å². The number of halogens is 3. The van der Waals surface area contributed by atoms with Crippen LogP contribution >= 0.6 is 36.4 Å². The summed E-state index contributed by atoms with van der Waals surface area (Å²) < 4.78 is 0. The number of aromatic nitrogens is 1. The molecule has 2 heterocycles. The van der Waals surface area contributed by atoms with Crippen molar-refractivity contribution >= 4 is 36.4 Å². The Hall–Kier alpha value is -0.0600. The van der Waals surface area contributed by atoms with E-state index in [1.165, 1.54) is 24.8 Å². The molecule has 0 amide bonds. The Labute approximate surface area is 138 Å². The van der Waals surface area contributed by atoms with Crippen molar-refractivity contribution in [1.29, 1.82) is 0 Å². The summed E-state index contributed by atoms with van der Waals surface area (Å²) in [6, 6.07) is 2.60. The van der Waals surface area contributed by atoms with Crippen LogP contribution in [-0.2, 0) is 0 Å². The molecule has 1 aliphatic carbocycles. The monoisotopic (exact) mass is 337 g/mol. The molecule has 0 aromatic carbocycles. The molecule has 6 heteroatoms. The van der Waals surface area contributed by atoms with Crippen LogP contribution in [0, 0.1) is 5.92 Å². The van der Waals surface area contributed by atoms with Crippen molar-refractivity contribution in [2.45, 2.75) is 25.3 Å². The lowest BCUT2D eigenvalue weighted by Gasteiger charge is -2.43. The quantitative estimate of drug-likeness (QED) is 0.916. The maximum Gasteiger partial charge on any atom is 0.0637 e. The van der Waals surface area contributed by atoms with Crippen molar-refractivity contribution in [3.05, 3.63) is 29.0 Å². The molecule has 114 valence electrons. The number of nitrogens with zero attached hydrogens (tertiary/aromatic N) is 2. The van der Waals surface area contributed by atoms with Crippen molar-refractivity contribution in [2.24, 2.45) is 5.92 Å². The van der Waals surface area contributed by atoms with E-state index in [-0.39, 0.29) is 24.8 Å². The lowest BCUT2D eigenvalue weighted by atomic mass is 9.76. The summed E-state index contributed by atoms with van der Waals surface area (Å²) in [5.74, 6) is 0.781. The highest BCUT2D eigenvalue weighted by molar-refractivity contribution is 6.31. The van der Waals surface area contributed by atoms with Gasteiger partial charge in [0.05, 0.1) is 5.02 Å². The van der Waals surface area contributed by atoms with Crippen molar-refractivity contribution in [1.82, 2.24) is 15.2 Å². The Balaban J connectivity index is 0.000001000. The molecule has 1 N–H and O–H groups in total. The molecule has 0 unspecified atom stereocenters. The predicted octanol–water partition coefficient (Wildman–Crippen LogP) is 3.33. The number of hydrogen-bond donors (Lipinski definition) is 1. The van der Waals surface area contributed by atoms with Gasteiger partial charge in [0, 0.05) is 44.6 Å². The fourth-order valence-corrected chi connectivity index (χ4v) is 3.32. The summed E-state index contributed by atoms with van der Waals surface area (Å²) in [6.07, 6.45) is 7.70. The van der Waals surface area contributed by atoms with Crippen LogP contribution in [0.15, 0.2) is 18.5 Å². The average molecular weight is 339 g/mol. The minimum Gasteiger partial charge on any atom is -0.314 e. The summed E-state index contributed by atoms with van der Waals surface area (Å²) in [6.45, 7) is 4.43. The van der Waals surface area contributed by atoms with Gasteiger partial charge in [-0.3, -0.25) is 9.88 Å². The van der Waals surface area contributed by atoms with Gasteiger partial charge in [-0.05, 0) is 30.4 Å². The maximum absolute atomic E-state index is 6.36. The molecule has 3 rings (SSSR count). The van der Waals surface area contributed by atoms with Crippen LogP contribution in [0.25, 0.3) is 0 Å². The average Bonchev–Trinajstić information content (AvgIpc) is 2.36. The molecule has 0 spiro atoms. The first-order chi connectivity index (χ1) is 8.86. The van der Waals surface area contributed by atoms with Crippen LogP contribution in [0.4, 0.5) is 0 Å². The van der Waals surface area contributed by atoms with Crippen LogP contribution < -0.4 is 5.32 Å². The van der Waals surface area contributed by atoms with Crippen LogP contribution in [0.2, 0.25) is 5.02 Å². The Morgan fingerprint density at radius 3 is 2.50 bits per heavy atom. The molecule has 1 saturated carbocycles. The fourth-order valence-electron chi connectivity index (χ4n) is 3.09. The highest BCUT2D eigenvalue weighted by Gasteiger charge is 2.34. The van der Waals surface area contributed by atoms with Gasteiger partial charge in [-0.1, -0.05) is 18.0 Å². The van der Waals surface area contributed by atoms with Crippen molar-refractivity contribution in [2.75, 3.05) is 26.2 Å². The summed E-state index contributed by atoms with van der Waals surface area (Å²) >= 11 is 6.36. The molecule has 20 heavy (non-hydrogen) atoms. The second kappa shape index (κ2) is 8.40. The number of rotatable bonds is 3. The molecule has 1 aromatic heterocycles. The van der Waals surface area contributed by atoms with Crippen LogP contribution in [-0.4, -0.2) is 36.1 Å². The maximum atomic E-state index is 6.36. The Morgan fingerprint density at radius 2 is 1.95 bits per heavy atom. The van der Waals surface area contributed by atoms with Crippen LogP contribution in [0.3, 0.4) is 0 Å². The van der Waals surface area contributed by atoms with E-state index < -0.39 is 0 Å². The van der Waals surface area contributed by atoms with E-state index in [0.717, 1.165) is 37.1 Å². The van der Waals surface area contributed by atoms with Gasteiger partial charge in [0.2, 0.25) is 0 Å². The van der Waals surface area contributed by atoms with Crippen molar-refractivity contribution in [3.63, 3.8) is 0 Å². The molecule has 1 aliphatic heterocycles. The molecule has 2 aliphatic rings. The molecule has 0 bridgehead atoms. The van der Waals surface area contributed by atoms with E-state index in [1.54, 1.807) is 6.20 Å². The first-order valence-corrected chi connectivity index (χ1v) is 7.28. The van der Waals surface area contributed by atoms with Gasteiger partial charge in [0.25, 0.3) is 0 Å². The Kier molecular flexibility index (Phi) is 7.56. The minimum absolute atomic E-state index is 0. The normalized spacial score (nSPS) is 21.2. The third-order valence-corrected chi connectivity index (χ3v) is 4.58. The second-order valence-corrected chi connectivity index (χ2v) is 5.73. The minimum atomic E-state index is 0. The van der Waals surface area contributed by atoms with Gasteiger partial charge < -0.3 is 5.32 Å². The number of nitrogens with one attached hydrogen (secondary N) is 1. The topological polar surface area (TPSA) is 28.2 Å². The van der Waals surface area contributed by atoms with E-state index in [9.17, 15) is 0 Å². The fraction of sp³-hybridized carbons (Fsp3) is 0.643. The number of pyridine rings is 1. The molecular weight excluding hydrogens is 317 g/mol. The van der Waals surface area contributed by atoms with E-state index in [2.05, 4.69) is 21.3 Å². The van der Waals surface area contributed by atoms with Gasteiger partial charge in [0.1, 0.15) is 0 Å². The van der Waals surface area contributed by atoms with E-state index in [1.807, 2.05) is 6.20 Å². The molecule has 0 radical (unpaired) electrons. The third-order valence-electron chi connectivity index (χ3n) is 4.26. The summed E-state index contributed by atoms with van der Waals surface area (Å²) in [7, 11) is 0. The highest BCUT2D eigenvalue weighted by atomic mass is 35.5. The van der Waals surface area contributed by atoms with E-state index in [4.69, 9.17) is 11.6 Å². The van der Waals surface area contributed by atoms with Crippen molar-refractivity contribution < 1.29 is 0 Å². The van der Waals surface area contributed by atoms with Gasteiger partial charge in [-0.25, -0.2) is 0 Å². The summed E-state index contributed by atoms with van der Waals surface area (Å²) in [5, 5.41) is 4.25. The predicted molar refractivity (Wildman–Crippen MR) is 88.3 cm³/mol. The van der Waals surface area contributed by atoms with Crippen molar-refractivity contribution in [3.8, 4) is 0 Å². The lowest BCUT2D eigenvalue weighted by Crippen LogP contribution is -2.47. The Morgan fingerprint density at radius 1 is 1.25 bits per heavy atom. The molecular formula is C14H22Cl3N3. The molecule has 1 atom stereocenters. The molecule has 3 nitrogen and oxygen atoms in total. The SMILES string of the molecule is Cl.Cl.Clc1cnccc1[C@@H](C1CCC1)N1CCNCC1. The van der Waals surface area contributed by atoms with Gasteiger partial charge in [0.15, 0.2) is 0 Å². The van der Waals surface area contributed by atoms with Gasteiger partial charge in [-0.15, -0.1) is 24.8 Å². The van der Waals surface area contributed by atoms with E-state index >= 15 is 0 Å². The van der Waals surface area contributed by atoms with Gasteiger partial charge >= 0.3 is 0 Å². The zero-order valence-electron chi connectivity index (χ0n) is 11.4. The smallest absolute Gasteiger partial charge is 0.0637 e. The zero-order chi connectivity index (χ0) is 12.4. The lowest BCUT2D eigenvalue weighted by molar-refractivity contribution is 0.0837. The highest BCUT2D eigenvalue weighted by Crippen LogP contribution is 2.43. The second-order valence-electron chi connectivity index (χ2n) is 5.32. The standard InChI is InChI=1S/C14H20ClN3.2ClH/c15-13-10-17-5-4-12(13)14(11-2-1-3-11)18-8-6-16-7-9-18;;/h4-5,10-11,14,16H,1-3,6-9H2;2*1H/t14-;;/m1../s1. The Bertz CT molecular complexity index is 406. The number of hydrogen-bond acceptors (Lipinski definition) is 3. The summed E-state index contributed by atoms with van der Waals surface area (Å²) in [4.78, 5) is 6.71. The zero-order valence-corrected chi connectivity index (χ0v) is 13.8. The first-order valence-electron chi connectivity index (χ1n) is 6.90. The first kappa shape index (κ1) is 18.0. The summed E-state index contributed by atoms with van der Waals surface area (Å²) in [5.41, 5.74) is 1.28. The molecule has 1 aromatic rings.